The molecule has 7 heteroatoms. The summed E-state index contributed by atoms with van der Waals surface area (Å²) in [6, 6.07) is 12.7. The minimum Gasteiger partial charge on any atom is -0.482 e. The number of halogens is 2. The van der Waals surface area contributed by atoms with E-state index in [0.29, 0.717) is 22.3 Å². The monoisotopic (exact) mass is 389 g/mol. The van der Waals surface area contributed by atoms with Crippen molar-refractivity contribution in [1.29, 1.82) is 0 Å². The number of benzene rings is 2. The SMILES string of the molecule is O=C(COc1ccc(Cl)cc1Cl)N1CCCC1c1nc2ccccc2[nH]1. The lowest BCUT2D eigenvalue weighted by atomic mass is 10.2. The minimum atomic E-state index is -0.0843. The van der Waals surface area contributed by atoms with Crippen LogP contribution in [0.5, 0.6) is 5.75 Å². The number of imidazole rings is 1. The number of aromatic nitrogens is 2. The summed E-state index contributed by atoms with van der Waals surface area (Å²) in [7, 11) is 0. The summed E-state index contributed by atoms with van der Waals surface area (Å²) in [6.45, 7) is 0.621. The molecule has 0 aliphatic carbocycles. The molecule has 2 heterocycles. The number of rotatable bonds is 4. The summed E-state index contributed by atoms with van der Waals surface area (Å²) >= 11 is 12.0. The number of para-hydroxylation sites is 2. The Balaban J connectivity index is 1.48. The molecule has 1 amide bonds. The van der Waals surface area contributed by atoms with Crippen molar-refractivity contribution in [2.75, 3.05) is 13.2 Å². The molecule has 2 aromatic carbocycles. The number of nitrogens with zero attached hydrogens (tertiary/aromatic N) is 2. The van der Waals surface area contributed by atoms with Crippen LogP contribution in [0.4, 0.5) is 0 Å². The van der Waals surface area contributed by atoms with Crippen LogP contribution in [0.25, 0.3) is 11.0 Å². The van der Waals surface area contributed by atoms with E-state index in [9.17, 15) is 4.79 Å². The van der Waals surface area contributed by atoms with Gasteiger partial charge in [-0.2, -0.15) is 0 Å². The highest BCUT2D eigenvalue weighted by Gasteiger charge is 2.32. The fourth-order valence-corrected chi connectivity index (χ4v) is 3.76. The molecule has 5 nitrogen and oxygen atoms in total. The Kier molecular flexibility index (Phi) is 4.74. The normalized spacial score (nSPS) is 17.0. The number of amides is 1. The molecular formula is C19H17Cl2N3O2. The molecule has 0 bridgehead atoms. The summed E-state index contributed by atoms with van der Waals surface area (Å²) in [4.78, 5) is 22.5. The summed E-state index contributed by atoms with van der Waals surface area (Å²) < 4.78 is 5.60. The van der Waals surface area contributed by atoms with Crippen LogP contribution in [0.3, 0.4) is 0 Å². The lowest BCUT2D eigenvalue weighted by Gasteiger charge is -2.23. The van der Waals surface area contributed by atoms with Crippen molar-refractivity contribution in [3.8, 4) is 5.75 Å². The Bertz CT molecular complexity index is 924. The molecule has 4 rings (SSSR count). The third kappa shape index (κ3) is 3.37. The van der Waals surface area contributed by atoms with Gasteiger partial charge in [0.1, 0.15) is 11.6 Å². The second kappa shape index (κ2) is 7.17. The van der Waals surface area contributed by atoms with Gasteiger partial charge < -0.3 is 14.6 Å². The Labute approximate surface area is 160 Å². The molecular weight excluding hydrogens is 373 g/mol. The van der Waals surface area contributed by atoms with Gasteiger partial charge in [-0.15, -0.1) is 0 Å². The molecule has 1 aromatic heterocycles. The summed E-state index contributed by atoms with van der Waals surface area (Å²) in [5.74, 6) is 1.18. The molecule has 0 radical (unpaired) electrons. The number of fused-ring (bicyclic) bond motifs is 1. The maximum Gasteiger partial charge on any atom is 0.261 e. The van der Waals surface area contributed by atoms with Crippen LogP contribution in [-0.2, 0) is 4.79 Å². The highest BCUT2D eigenvalue weighted by molar-refractivity contribution is 6.35. The molecule has 1 aliphatic rings. The third-order valence-corrected chi connectivity index (χ3v) is 5.07. The van der Waals surface area contributed by atoms with Gasteiger partial charge in [0.2, 0.25) is 0 Å². The average Bonchev–Trinajstić information content (AvgIpc) is 3.27. The van der Waals surface area contributed by atoms with E-state index in [1.165, 1.54) is 0 Å². The smallest absolute Gasteiger partial charge is 0.261 e. The molecule has 1 aliphatic heterocycles. The first-order chi connectivity index (χ1) is 12.6. The fraction of sp³-hybridized carbons (Fsp3) is 0.263. The summed E-state index contributed by atoms with van der Waals surface area (Å²) in [5.41, 5.74) is 1.89. The zero-order chi connectivity index (χ0) is 18.1. The highest BCUT2D eigenvalue weighted by Crippen LogP contribution is 2.32. The predicted molar refractivity (Wildman–Crippen MR) is 102 cm³/mol. The third-order valence-electron chi connectivity index (χ3n) is 4.54. The molecule has 134 valence electrons. The first-order valence-electron chi connectivity index (χ1n) is 8.44. The predicted octanol–water partition coefficient (Wildman–Crippen LogP) is 4.61. The average molecular weight is 390 g/mol. The number of nitrogens with one attached hydrogen (secondary N) is 1. The second-order valence-electron chi connectivity index (χ2n) is 6.25. The molecule has 1 N–H and O–H groups in total. The largest absolute Gasteiger partial charge is 0.482 e. The Morgan fingerprint density at radius 3 is 2.92 bits per heavy atom. The first-order valence-corrected chi connectivity index (χ1v) is 9.19. The lowest BCUT2D eigenvalue weighted by molar-refractivity contribution is -0.134. The zero-order valence-electron chi connectivity index (χ0n) is 13.9. The second-order valence-corrected chi connectivity index (χ2v) is 7.09. The van der Waals surface area contributed by atoms with Gasteiger partial charge in [0.15, 0.2) is 6.61 Å². The van der Waals surface area contributed by atoms with Crippen LogP contribution in [0.15, 0.2) is 42.5 Å². The Hall–Kier alpha value is -2.24. The maximum absolute atomic E-state index is 12.7. The Morgan fingerprint density at radius 1 is 1.27 bits per heavy atom. The van der Waals surface area contributed by atoms with E-state index in [0.717, 1.165) is 29.7 Å². The van der Waals surface area contributed by atoms with E-state index in [4.69, 9.17) is 27.9 Å². The van der Waals surface area contributed by atoms with Gasteiger partial charge in [-0.05, 0) is 43.2 Å². The summed E-state index contributed by atoms with van der Waals surface area (Å²) in [5, 5.41) is 0.915. The van der Waals surface area contributed by atoms with E-state index in [1.54, 1.807) is 18.2 Å². The van der Waals surface area contributed by atoms with Crippen molar-refractivity contribution in [2.24, 2.45) is 0 Å². The van der Waals surface area contributed by atoms with Gasteiger partial charge in [-0.25, -0.2) is 4.98 Å². The number of carbonyl (C=O) groups is 1. The number of hydrogen-bond donors (Lipinski definition) is 1. The number of carbonyl (C=O) groups excluding carboxylic acids is 1. The quantitative estimate of drug-likeness (QED) is 0.708. The standard InChI is InChI=1S/C19H17Cl2N3O2/c20-12-7-8-17(13(21)10-12)26-11-18(25)24-9-3-6-16(24)19-22-14-4-1-2-5-15(14)23-19/h1-2,4-5,7-8,10,16H,3,6,9,11H2,(H,22,23). The van der Waals surface area contributed by atoms with Gasteiger partial charge in [-0.1, -0.05) is 35.3 Å². The van der Waals surface area contributed by atoms with Gasteiger partial charge in [0.25, 0.3) is 5.91 Å². The van der Waals surface area contributed by atoms with Crippen LogP contribution >= 0.6 is 23.2 Å². The van der Waals surface area contributed by atoms with Crippen LogP contribution in [0, 0.1) is 0 Å². The van der Waals surface area contributed by atoms with Crippen molar-refractivity contribution >= 4 is 40.1 Å². The van der Waals surface area contributed by atoms with Gasteiger partial charge in [-0.3, -0.25) is 4.79 Å². The van der Waals surface area contributed by atoms with Gasteiger partial charge >= 0.3 is 0 Å². The summed E-state index contributed by atoms with van der Waals surface area (Å²) in [6.07, 6.45) is 1.82. The van der Waals surface area contributed by atoms with Gasteiger partial charge in [0, 0.05) is 11.6 Å². The maximum atomic E-state index is 12.7. The van der Waals surface area contributed by atoms with E-state index >= 15 is 0 Å². The minimum absolute atomic E-state index is 0.0563. The number of H-pyrrole nitrogens is 1. The van der Waals surface area contributed by atoms with Crippen molar-refractivity contribution in [1.82, 2.24) is 14.9 Å². The van der Waals surface area contributed by atoms with E-state index in [2.05, 4.69) is 9.97 Å². The number of ether oxygens (including phenoxy) is 1. The zero-order valence-corrected chi connectivity index (χ0v) is 15.4. The number of aromatic amines is 1. The van der Waals surface area contributed by atoms with Crippen LogP contribution in [0.2, 0.25) is 10.0 Å². The highest BCUT2D eigenvalue weighted by atomic mass is 35.5. The molecule has 0 spiro atoms. The Morgan fingerprint density at radius 2 is 2.12 bits per heavy atom. The van der Waals surface area contributed by atoms with Crippen molar-refractivity contribution in [3.05, 3.63) is 58.3 Å². The lowest BCUT2D eigenvalue weighted by Crippen LogP contribution is -2.34. The number of hydrogen-bond acceptors (Lipinski definition) is 3. The van der Waals surface area contributed by atoms with Crippen molar-refractivity contribution in [3.63, 3.8) is 0 Å². The molecule has 3 aromatic rings. The fourth-order valence-electron chi connectivity index (χ4n) is 3.29. The van der Waals surface area contributed by atoms with E-state index in [-0.39, 0.29) is 18.6 Å². The number of likely N-dealkylation sites (tertiary alicyclic amines) is 1. The molecule has 1 unspecified atom stereocenters. The van der Waals surface area contributed by atoms with Crippen LogP contribution in [-0.4, -0.2) is 33.9 Å². The molecule has 1 saturated heterocycles. The molecule has 1 fully saturated rings. The van der Waals surface area contributed by atoms with Gasteiger partial charge in [0.05, 0.1) is 22.1 Å². The molecule has 0 saturated carbocycles. The first kappa shape index (κ1) is 17.2. The topological polar surface area (TPSA) is 58.2 Å². The molecule has 26 heavy (non-hydrogen) atoms. The van der Waals surface area contributed by atoms with E-state index < -0.39 is 0 Å². The van der Waals surface area contributed by atoms with Crippen molar-refractivity contribution < 1.29 is 9.53 Å². The van der Waals surface area contributed by atoms with Crippen molar-refractivity contribution in [2.45, 2.75) is 18.9 Å². The van der Waals surface area contributed by atoms with E-state index in [1.807, 2.05) is 29.2 Å². The van der Waals surface area contributed by atoms with Crippen LogP contribution < -0.4 is 4.74 Å². The molecule has 1 atom stereocenters. The van der Waals surface area contributed by atoms with Crippen LogP contribution in [0.1, 0.15) is 24.7 Å².